The molecule has 217 valence electrons. The summed E-state index contributed by atoms with van der Waals surface area (Å²) in [4.78, 5) is 9.06. The number of hydrogen-bond acceptors (Lipinski definition) is 2. The van der Waals surface area contributed by atoms with E-state index in [-0.39, 0.29) is 30.9 Å². The molecule has 0 N–H and O–H groups in total. The first-order valence-electron chi connectivity index (χ1n) is 14.4. The van der Waals surface area contributed by atoms with Gasteiger partial charge in [-0.05, 0) is 72.2 Å². The topological polar surface area (TPSA) is 25.8 Å². The minimum Gasteiger partial charge on any atom is -0.304 e. The molecule has 5 aromatic rings. The molecule has 2 heterocycles. The third-order valence-corrected chi connectivity index (χ3v) is 9.34. The Morgan fingerprint density at radius 3 is 1.67 bits per heavy atom. The van der Waals surface area contributed by atoms with Crippen LogP contribution in [0.2, 0.25) is 0 Å². The van der Waals surface area contributed by atoms with Crippen molar-refractivity contribution in [2.24, 2.45) is 0 Å². The molecule has 1 aliphatic rings. The molecule has 42 heavy (non-hydrogen) atoms. The molecule has 1 aliphatic carbocycles. The summed E-state index contributed by atoms with van der Waals surface area (Å²) in [7, 11) is 0. The number of rotatable bonds is 2. The fraction of sp³-hybridized carbons (Fsp3) is 0.282. The first-order chi connectivity index (χ1) is 19.4. The standard InChI is InChI=1S/C25H26N.C14H14N.Ir/c1-16-13-23(26-15-17(16)2)18-11-12-22-20(14-18)19-9-7-8-10-21(19)24(3,4)25(22,5)6;1-10-4-6-13(7-5-10)14-8-11(2)12(3)9-15-14;/h7-10,12-15H,1-6H3;4-6,8-9H,1-3H3;/q2*-1;. The van der Waals surface area contributed by atoms with Crippen molar-refractivity contribution in [1.82, 2.24) is 9.97 Å². The largest absolute Gasteiger partial charge is 0.304 e. The van der Waals surface area contributed by atoms with Gasteiger partial charge in [-0.25, -0.2) is 0 Å². The third-order valence-electron chi connectivity index (χ3n) is 9.34. The van der Waals surface area contributed by atoms with Crippen LogP contribution in [-0.2, 0) is 30.9 Å². The first kappa shape index (κ1) is 31.5. The van der Waals surface area contributed by atoms with Crippen molar-refractivity contribution in [3.8, 4) is 33.6 Å². The Kier molecular flexibility index (Phi) is 9.07. The molecule has 0 unspecified atom stereocenters. The molecule has 2 aromatic heterocycles. The molecule has 2 nitrogen and oxygen atoms in total. The van der Waals surface area contributed by atoms with Crippen LogP contribution in [0.25, 0.3) is 33.6 Å². The summed E-state index contributed by atoms with van der Waals surface area (Å²) in [6.45, 7) is 19.9. The fourth-order valence-corrected chi connectivity index (χ4v) is 5.52. The average Bonchev–Trinajstić information content (AvgIpc) is 2.96. The molecule has 0 amide bonds. The van der Waals surface area contributed by atoms with Crippen LogP contribution in [0.4, 0.5) is 0 Å². The van der Waals surface area contributed by atoms with Gasteiger partial charge in [0.15, 0.2) is 0 Å². The predicted octanol–water partition coefficient (Wildman–Crippen LogP) is 9.87. The van der Waals surface area contributed by atoms with Gasteiger partial charge in [-0.2, -0.15) is 0 Å². The average molecular weight is 729 g/mol. The van der Waals surface area contributed by atoms with Gasteiger partial charge in [-0.1, -0.05) is 87.7 Å². The Hall–Kier alpha value is -3.39. The van der Waals surface area contributed by atoms with E-state index in [9.17, 15) is 0 Å². The Morgan fingerprint density at radius 1 is 0.548 bits per heavy atom. The molecule has 3 heteroatoms. The van der Waals surface area contributed by atoms with Gasteiger partial charge in [0.25, 0.3) is 0 Å². The van der Waals surface area contributed by atoms with E-state index in [4.69, 9.17) is 0 Å². The molecule has 0 fully saturated rings. The number of hydrogen-bond donors (Lipinski definition) is 0. The van der Waals surface area contributed by atoms with E-state index < -0.39 is 0 Å². The van der Waals surface area contributed by atoms with E-state index in [0.717, 1.165) is 22.5 Å². The summed E-state index contributed by atoms with van der Waals surface area (Å²) in [5.41, 5.74) is 15.9. The smallest absolute Gasteiger partial charge is 0.0192 e. The van der Waals surface area contributed by atoms with Crippen LogP contribution < -0.4 is 0 Å². The number of aromatic nitrogens is 2. The Labute approximate surface area is 266 Å². The number of nitrogens with zero attached hydrogens (tertiary/aromatic N) is 2. The summed E-state index contributed by atoms with van der Waals surface area (Å²) in [6, 6.07) is 30.5. The zero-order valence-electron chi connectivity index (χ0n) is 26.2. The minimum absolute atomic E-state index is 0. The van der Waals surface area contributed by atoms with Gasteiger partial charge in [0.2, 0.25) is 0 Å². The molecule has 6 rings (SSSR count). The maximum Gasteiger partial charge on any atom is 0.0192 e. The van der Waals surface area contributed by atoms with E-state index in [2.05, 4.69) is 145 Å². The van der Waals surface area contributed by atoms with Gasteiger partial charge in [0, 0.05) is 32.5 Å². The van der Waals surface area contributed by atoms with Crippen LogP contribution in [0.1, 0.15) is 66.6 Å². The maximum atomic E-state index is 4.65. The molecule has 0 spiro atoms. The Bertz CT molecular complexity index is 1730. The van der Waals surface area contributed by atoms with Crippen LogP contribution in [0.15, 0.2) is 79.1 Å². The Balaban J connectivity index is 0.000000216. The van der Waals surface area contributed by atoms with E-state index in [0.29, 0.717) is 0 Å². The van der Waals surface area contributed by atoms with Gasteiger partial charge < -0.3 is 9.97 Å². The number of benzene rings is 3. The molecule has 1 radical (unpaired) electrons. The number of pyridine rings is 2. The van der Waals surface area contributed by atoms with Gasteiger partial charge in [0.05, 0.1) is 0 Å². The molecule has 0 saturated carbocycles. The molecular formula is C39H40IrN2-2. The normalized spacial score (nSPS) is 14.0. The molecule has 0 atom stereocenters. The minimum atomic E-state index is 0. The van der Waals surface area contributed by atoms with Crippen LogP contribution in [0.3, 0.4) is 0 Å². The summed E-state index contributed by atoms with van der Waals surface area (Å²) < 4.78 is 0. The quantitative estimate of drug-likeness (QED) is 0.169. The van der Waals surface area contributed by atoms with Crippen molar-refractivity contribution in [1.29, 1.82) is 0 Å². The van der Waals surface area contributed by atoms with Gasteiger partial charge in [-0.3, -0.25) is 0 Å². The summed E-state index contributed by atoms with van der Waals surface area (Å²) in [5.74, 6) is 0. The predicted molar refractivity (Wildman–Crippen MR) is 172 cm³/mol. The summed E-state index contributed by atoms with van der Waals surface area (Å²) >= 11 is 0. The van der Waals surface area contributed by atoms with E-state index in [1.807, 2.05) is 18.5 Å². The second kappa shape index (κ2) is 12.1. The number of fused-ring (bicyclic) bond motifs is 3. The molecular weight excluding hydrogens is 689 g/mol. The van der Waals surface area contributed by atoms with Crippen LogP contribution in [0.5, 0.6) is 0 Å². The monoisotopic (exact) mass is 729 g/mol. The van der Waals surface area contributed by atoms with Crippen molar-refractivity contribution >= 4 is 0 Å². The first-order valence-corrected chi connectivity index (χ1v) is 14.4. The van der Waals surface area contributed by atoms with Crippen molar-refractivity contribution in [3.05, 3.63) is 130 Å². The van der Waals surface area contributed by atoms with Crippen molar-refractivity contribution < 1.29 is 20.1 Å². The molecule has 0 saturated heterocycles. The van der Waals surface area contributed by atoms with Crippen LogP contribution in [-0.4, -0.2) is 9.97 Å². The Morgan fingerprint density at radius 2 is 1.10 bits per heavy atom. The van der Waals surface area contributed by atoms with E-state index in [1.54, 1.807) is 0 Å². The van der Waals surface area contributed by atoms with E-state index in [1.165, 1.54) is 50.1 Å². The second-order valence-electron chi connectivity index (χ2n) is 12.6. The van der Waals surface area contributed by atoms with Crippen LogP contribution >= 0.6 is 0 Å². The number of aryl methyl sites for hydroxylation is 5. The second-order valence-corrected chi connectivity index (χ2v) is 12.6. The van der Waals surface area contributed by atoms with Gasteiger partial charge in [0.1, 0.15) is 0 Å². The molecule has 0 bridgehead atoms. The summed E-state index contributed by atoms with van der Waals surface area (Å²) in [5, 5.41) is 0. The third kappa shape index (κ3) is 5.78. The zero-order valence-corrected chi connectivity index (χ0v) is 28.6. The van der Waals surface area contributed by atoms with Crippen molar-refractivity contribution in [2.75, 3.05) is 0 Å². The summed E-state index contributed by atoms with van der Waals surface area (Å²) in [6.07, 6.45) is 3.87. The molecule has 3 aromatic carbocycles. The van der Waals surface area contributed by atoms with E-state index >= 15 is 0 Å². The van der Waals surface area contributed by atoms with Crippen molar-refractivity contribution in [2.45, 2.75) is 73.1 Å². The maximum absolute atomic E-state index is 4.65. The zero-order chi connectivity index (χ0) is 29.5. The van der Waals surface area contributed by atoms with Crippen molar-refractivity contribution in [3.63, 3.8) is 0 Å². The fourth-order valence-electron chi connectivity index (χ4n) is 5.52. The molecule has 0 aliphatic heterocycles. The van der Waals surface area contributed by atoms with Gasteiger partial charge >= 0.3 is 0 Å². The van der Waals surface area contributed by atoms with Gasteiger partial charge in [-0.15, -0.1) is 64.7 Å². The van der Waals surface area contributed by atoms with Crippen LogP contribution in [0, 0.1) is 46.8 Å². The SMILES string of the molecule is Cc1c[c-]c(-c2cc(C)c(C)cn2)cc1.Cc1cnc(-c2[c-]cc3c(c2)-c2ccccc2C(C)(C)C3(C)C)cc1C.[Ir].